The molecule has 0 aliphatic heterocycles. The molecule has 0 aromatic rings. The predicted octanol–water partition coefficient (Wildman–Crippen LogP) is 1.78. The van der Waals surface area contributed by atoms with Gasteiger partial charge in [-0.3, -0.25) is 4.79 Å². The van der Waals surface area contributed by atoms with Gasteiger partial charge in [-0.15, -0.1) is 0 Å². The van der Waals surface area contributed by atoms with Crippen LogP contribution < -0.4 is 5.73 Å². The van der Waals surface area contributed by atoms with Crippen LogP contribution in [0.1, 0.15) is 38.5 Å². The molecule has 0 aromatic heterocycles. The van der Waals surface area contributed by atoms with Crippen molar-refractivity contribution >= 4 is 5.91 Å². The van der Waals surface area contributed by atoms with Crippen LogP contribution in [0.15, 0.2) is 0 Å². The van der Waals surface area contributed by atoms with Crippen LogP contribution in [0.2, 0.25) is 0 Å². The van der Waals surface area contributed by atoms with Gasteiger partial charge in [0.05, 0.1) is 5.41 Å². The monoisotopic (exact) mass is 197 g/mol. The first-order valence-corrected chi connectivity index (χ1v) is 5.50. The summed E-state index contributed by atoms with van der Waals surface area (Å²) in [5, 5.41) is 0. The molecule has 4 bridgehead atoms. The van der Waals surface area contributed by atoms with Gasteiger partial charge in [0, 0.05) is 0 Å². The molecule has 2 nitrogen and oxygen atoms in total. The lowest BCUT2D eigenvalue weighted by atomic mass is 9.48. The third-order valence-corrected chi connectivity index (χ3v) is 4.51. The van der Waals surface area contributed by atoms with Crippen molar-refractivity contribution in [2.24, 2.45) is 23.0 Å². The quantitative estimate of drug-likeness (QED) is 0.684. The lowest BCUT2D eigenvalue weighted by Gasteiger charge is -2.57. The van der Waals surface area contributed by atoms with E-state index in [1.165, 1.54) is 0 Å². The normalized spacial score (nSPS) is 54.9. The van der Waals surface area contributed by atoms with E-state index in [0.29, 0.717) is 31.1 Å². The fourth-order valence-electron chi connectivity index (χ4n) is 4.44. The number of halogens is 1. The molecule has 0 radical (unpaired) electrons. The molecule has 0 aromatic carbocycles. The number of amides is 1. The van der Waals surface area contributed by atoms with Crippen molar-refractivity contribution in [2.45, 2.75) is 44.2 Å². The molecule has 0 heterocycles. The molecule has 4 fully saturated rings. The Balaban J connectivity index is 2.00. The fraction of sp³-hybridized carbons (Fsp3) is 0.909. The Morgan fingerprint density at radius 2 is 1.79 bits per heavy atom. The molecule has 14 heavy (non-hydrogen) atoms. The average molecular weight is 197 g/mol. The lowest BCUT2D eigenvalue weighted by molar-refractivity contribution is -0.157. The van der Waals surface area contributed by atoms with Crippen molar-refractivity contribution in [1.29, 1.82) is 0 Å². The zero-order valence-electron chi connectivity index (χ0n) is 8.26. The van der Waals surface area contributed by atoms with Gasteiger partial charge in [-0.25, -0.2) is 4.39 Å². The van der Waals surface area contributed by atoms with Crippen LogP contribution in [0.3, 0.4) is 0 Å². The first-order valence-electron chi connectivity index (χ1n) is 5.50. The predicted molar refractivity (Wildman–Crippen MR) is 50.1 cm³/mol. The second-order valence-electron chi connectivity index (χ2n) is 5.76. The number of hydrogen-bond acceptors (Lipinski definition) is 1. The van der Waals surface area contributed by atoms with Crippen LogP contribution in [0, 0.1) is 17.3 Å². The number of primary amides is 1. The van der Waals surface area contributed by atoms with Crippen molar-refractivity contribution in [2.75, 3.05) is 0 Å². The Hall–Kier alpha value is -0.600. The van der Waals surface area contributed by atoms with Crippen LogP contribution >= 0.6 is 0 Å². The maximum atomic E-state index is 14.3. The number of rotatable bonds is 1. The zero-order valence-corrected chi connectivity index (χ0v) is 8.26. The molecule has 4 aliphatic rings. The Kier molecular flexibility index (Phi) is 1.43. The number of alkyl halides is 1. The lowest BCUT2D eigenvalue weighted by Crippen LogP contribution is -2.58. The first kappa shape index (κ1) is 8.69. The summed E-state index contributed by atoms with van der Waals surface area (Å²) in [6, 6.07) is 0. The van der Waals surface area contributed by atoms with E-state index in [1.54, 1.807) is 0 Å². The van der Waals surface area contributed by atoms with Crippen LogP contribution in [0.25, 0.3) is 0 Å². The second kappa shape index (κ2) is 2.31. The van der Waals surface area contributed by atoms with Crippen LogP contribution in [-0.4, -0.2) is 11.6 Å². The molecule has 0 spiro atoms. The molecule has 3 heteroatoms. The Morgan fingerprint density at radius 1 is 1.21 bits per heavy atom. The Labute approximate surface area is 83.0 Å². The van der Waals surface area contributed by atoms with E-state index in [1.807, 2.05) is 0 Å². The molecule has 4 saturated carbocycles. The highest BCUT2D eigenvalue weighted by Crippen LogP contribution is 2.62. The minimum atomic E-state index is -1.06. The van der Waals surface area contributed by atoms with Gasteiger partial charge in [0.25, 0.3) is 0 Å². The topological polar surface area (TPSA) is 43.1 Å². The van der Waals surface area contributed by atoms with Gasteiger partial charge < -0.3 is 5.73 Å². The maximum absolute atomic E-state index is 14.3. The van der Waals surface area contributed by atoms with Gasteiger partial charge in [0.1, 0.15) is 5.67 Å². The van der Waals surface area contributed by atoms with E-state index in [9.17, 15) is 9.18 Å². The largest absolute Gasteiger partial charge is 0.369 e. The van der Waals surface area contributed by atoms with Crippen molar-refractivity contribution in [3.05, 3.63) is 0 Å². The van der Waals surface area contributed by atoms with Gasteiger partial charge in [-0.2, -0.15) is 0 Å². The fourth-order valence-corrected chi connectivity index (χ4v) is 4.44. The van der Waals surface area contributed by atoms with Crippen molar-refractivity contribution in [3.8, 4) is 0 Å². The van der Waals surface area contributed by atoms with E-state index in [0.717, 1.165) is 19.3 Å². The minimum absolute atomic E-state index is 0.256. The summed E-state index contributed by atoms with van der Waals surface area (Å²) in [6.45, 7) is 0. The summed E-state index contributed by atoms with van der Waals surface area (Å²) in [4.78, 5) is 11.5. The van der Waals surface area contributed by atoms with E-state index >= 15 is 0 Å². The van der Waals surface area contributed by atoms with Gasteiger partial charge in [-0.05, 0) is 50.4 Å². The maximum Gasteiger partial charge on any atom is 0.223 e. The van der Waals surface area contributed by atoms with Crippen LogP contribution in [-0.2, 0) is 4.79 Å². The number of carbonyl (C=O) groups is 1. The summed E-state index contributed by atoms with van der Waals surface area (Å²) >= 11 is 0. The summed E-state index contributed by atoms with van der Waals surface area (Å²) in [5.74, 6) is 0.594. The highest BCUT2D eigenvalue weighted by Gasteiger charge is 2.60. The number of carbonyl (C=O) groups excluding carboxylic acids is 1. The van der Waals surface area contributed by atoms with Gasteiger partial charge in [0.2, 0.25) is 5.91 Å². The molecule has 4 atom stereocenters. The summed E-state index contributed by atoms with van der Waals surface area (Å²) in [7, 11) is 0. The Bertz CT molecular complexity index is 288. The minimum Gasteiger partial charge on any atom is -0.369 e. The highest BCUT2D eigenvalue weighted by atomic mass is 19.1. The zero-order chi connectivity index (χ0) is 9.97. The standard InChI is InChI=1S/C11H16FNO/c12-11-4-7-1-8(5-11)3-10(2-7,6-11)9(13)14/h7-8H,1-6H2,(H2,13,14)/t7-,8+,10?,11?. The van der Waals surface area contributed by atoms with Gasteiger partial charge >= 0.3 is 0 Å². The van der Waals surface area contributed by atoms with E-state index in [4.69, 9.17) is 5.73 Å². The van der Waals surface area contributed by atoms with E-state index in [-0.39, 0.29) is 5.91 Å². The number of hydrogen-bond donors (Lipinski definition) is 1. The Morgan fingerprint density at radius 3 is 2.21 bits per heavy atom. The molecule has 1 amide bonds. The molecule has 4 rings (SSSR count). The molecule has 2 N–H and O–H groups in total. The van der Waals surface area contributed by atoms with E-state index < -0.39 is 11.1 Å². The molecule has 2 unspecified atom stereocenters. The first-order chi connectivity index (χ1) is 6.51. The SMILES string of the molecule is NC(=O)C12C[C@@H]3C[C@@H](CC(F)(C3)C1)C2. The summed E-state index contributed by atoms with van der Waals surface area (Å²) < 4.78 is 14.3. The van der Waals surface area contributed by atoms with E-state index in [2.05, 4.69) is 0 Å². The van der Waals surface area contributed by atoms with Crippen LogP contribution in [0.5, 0.6) is 0 Å². The van der Waals surface area contributed by atoms with Gasteiger partial charge in [-0.1, -0.05) is 0 Å². The van der Waals surface area contributed by atoms with Gasteiger partial charge in [0.15, 0.2) is 0 Å². The number of nitrogens with two attached hydrogens (primary N) is 1. The highest BCUT2D eigenvalue weighted by molar-refractivity contribution is 5.81. The summed E-state index contributed by atoms with van der Waals surface area (Å²) in [6.07, 6.45) is 4.59. The van der Waals surface area contributed by atoms with Crippen molar-refractivity contribution < 1.29 is 9.18 Å². The van der Waals surface area contributed by atoms with Crippen LogP contribution in [0.4, 0.5) is 4.39 Å². The van der Waals surface area contributed by atoms with Crippen molar-refractivity contribution in [3.63, 3.8) is 0 Å². The summed E-state index contributed by atoms with van der Waals surface area (Å²) in [5.41, 5.74) is 3.92. The molecule has 4 aliphatic carbocycles. The van der Waals surface area contributed by atoms with Crippen molar-refractivity contribution in [1.82, 2.24) is 0 Å². The average Bonchev–Trinajstić information content (AvgIpc) is 1.98. The molecular formula is C11H16FNO. The third kappa shape index (κ3) is 0.984. The molecule has 78 valence electrons. The smallest absolute Gasteiger partial charge is 0.223 e. The molecule has 0 saturated heterocycles. The molecular weight excluding hydrogens is 181 g/mol. The second-order valence-corrected chi connectivity index (χ2v) is 5.76. The third-order valence-electron chi connectivity index (χ3n) is 4.51.